The molecule has 0 aromatic heterocycles. The van der Waals surface area contributed by atoms with Crippen LogP contribution in [-0.2, 0) is 16.1 Å². The predicted octanol–water partition coefficient (Wildman–Crippen LogP) is 2.92. The van der Waals surface area contributed by atoms with Gasteiger partial charge < -0.3 is 15.4 Å². The van der Waals surface area contributed by atoms with Crippen molar-refractivity contribution in [2.24, 2.45) is 0 Å². The SMILES string of the molecule is COC(=O)c1ccccc1NC(=O)/C(C#N)=C\NCc1cccc(C)c1. The number of carbonyl (C=O) groups is 2. The first-order valence-electron chi connectivity index (χ1n) is 7.93. The summed E-state index contributed by atoms with van der Waals surface area (Å²) in [6.45, 7) is 2.48. The molecule has 2 aromatic carbocycles. The van der Waals surface area contributed by atoms with Crippen LogP contribution in [-0.4, -0.2) is 19.0 Å². The zero-order valence-corrected chi connectivity index (χ0v) is 14.6. The third-order valence-corrected chi connectivity index (χ3v) is 3.58. The number of nitrogens with zero attached hydrogens (tertiary/aromatic N) is 1. The Labute approximate surface area is 152 Å². The van der Waals surface area contributed by atoms with E-state index in [1.54, 1.807) is 18.2 Å². The number of carbonyl (C=O) groups excluding carboxylic acids is 2. The fourth-order valence-electron chi connectivity index (χ4n) is 2.31. The fraction of sp³-hybridized carbons (Fsp3) is 0.150. The van der Waals surface area contributed by atoms with E-state index < -0.39 is 11.9 Å². The highest BCUT2D eigenvalue weighted by Gasteiger charge is 2.15. The number of anilines is 1. The molecule has 1 amide bonds. The molecule has 0 aliphatic carbocycles. The van der Waals surface area contributed by atoms with Crippen molar-refractivity contribution in [1.82, 2.24) is 5.32 Å². The van der Waals surface area contributed by atoms with Crippen LogP contribution < -0.4 is 10.6 Å². The predicted molar refractivity (Wildman–Crippen MR) is 98.1 cm³/mol. The normalized spacial score (nSPS) is 10.6. The zero-order chi connectivity index (χ0) is 18.9. The number of amides is 1. The number of hydrogen-bond donors (Lipinski definition) is 2. The van der Waals surface area contributed by atoms with E-state index in [1.807, 2.05) is 37.3 Å². The lowest BCUT2D eigenvalue weighted by atomic mass is 10.1. The van der Waals surface area contributed by atoms with Gasteiger partial charge >= 0.3 is 5.97 Å². The lowest BCUT2D eigenvalue weighted by molar-refractivity contribution is -0.112. The van der Waals surface area contributed by atoms with Gasteiger partial charge in [0.05, 0.1) is 18.4 Å². The van der Waals surface area contributed by atoms with Crippen molar-refractivity contribution >= 4 is 17.6 Å². The highest BCUT2D eigenvalue weighted by atomic mass is 16.5. The van der Waals surface area contributed by atoms with Crippen molar-refractivity contribution in [2.45, 2.75) is 13.5 Å². The summed E-state index contributed by atoms with van der Waals surface area (Å²) < 4.78 is 4.69. The number of rotatable bonds is 6. The molecule has 0 fully saturated rings. The maximum Gasteiger partial charge on any atom is 0.339 e. The molecule has 0 bridgehead atoms. The highest BCUT2D eigenvalue weighted by molar-refractivity contribution is 6.09. The first-order valence-corrected chi connectivity index (χ1v) is 7.93. The third kappa shape index (κ3) is 4.95. The summed E-state index contributed by atoms with van der Waals surface area (Å²) in [6.07, 6.45) is 1.36. The number of aryl methyl sites for hydroxylation is 1. The van der Waals surface area contributed by atoms with E-state index in [1.165, 1.54) is 19.4 Å². The number of esters is 1. The van der Waals surface area contributed by atoms with Crippen LogP contribution in [0.4, 0.5) is 5.69 Å². The zero-order valence-electron chi connectivity index (χ0n) is 14.6. The largest absolute Gasteiger partial charge is 0.465 e. The number of para-hydroxylation sites is 1. The molecule has 6 nitrogen and oxygen atoms in total. The first-order chi connectivity index (χ1) is 12.5. The molecule has 0 atom stereocenters. The standard InChI is InChI=1S/C20H19N3O3/c1-14-6-5-7-15(10-14)12-22-13-16(11-21)19(24)23-18-9-4-3-8-17(18)20(25)26-2/h3-10,13,22H,12H2,1-2H3,(H,23,24)/b16-13-. The average Bonchev–Trinajstić information content (AvgIpc) is 2.65. The van der Waals surface area contributed by atoms with Gasteiger partial charge in [-0.3, -0.25) is 4.79 Å². The van der Waals surface area contributed by atoms with Crippen molar-refractivity contribution in [1.29, 1.82) is 5.26 Å². The Morgan fingerprint density at radius 3 is 2.65 bits per heavy atom. The first kappa shape index (κ1) is 18.7. The molecule has 0 aliphatic rings. The molecule has 2 aromatic rings. The van der Waals surface area contributed by atoms with Crippen LogP contribution in [0.1, 0.15) is 21.5 Å². The van der Waals surface area contributed by atoms with Crippen molar-refractivity contribution in [2.75, 3.05) is 12.4 Å². The Morgan fingerprint density at radius 1 is 1.19 bits per heavy atom. The van der Waals surface area contributed by atoms with E-state index in [0.717, 1.165) is 11.1 Å². The van der Waals surface area contributed by atoms with Crippen LogP contribution in [0.25, 0.3) is 0 Å². The van der Waals surface area contributed by atoms with Gasteiger partial charge in [-0.1, -0.05) is 42.0 Å². The van der Waals surface area contributed by atoms with Gasteiger partial charge in [-0.15, -0.1) is 0 Å². The quantitative estimate of drug-likeness (QED) is 0.475. The molecule has 0 radical (unpaired) electrons. The van der Waals surface area contributed by atoms with Gasteiger partial charge in [-0.2, -0.15) is 5.26 Å². The van der Waals surface area contributed by atoms with Gasteiger partial charge in [-0.05, 0) is 24.6 Å². The van der Waals surface area contributed by atoms with Crippen LogP contribution in [0.3, 0.4) is 0 Å². The molecule has 0 aliphatic heterocycles. The molecule has 6 heteroatoms. The van der Waals surface area contributed by atoms with Crippen molar-refractivity contribution in [3.63, 3.8) is 0 Å². The molecule has 0 unspecified atom stereocenters. The second-order valence-electron chi connectivity index (χ2n) is 5.53. The van der Waals surface area contributed by atoms with E-state index >= 15 is 0 Å². The smallest absolute Gasteiger partial charge is 0.339 e. The molecular formula is C20H19N3O3. The molecule has 2 N–H and O–H groups in total. The van der Waals surface area contributed by atoms with Gasteiger partial charge in [0.15, 0.2) is 0 Å². The van der Waals surface area contributed by atoms with Crippen LogP contribution in [0.5, 0.6) is 0 Å². The Kier molecular flexibility index (Phi) is 6.52. The molecule has 132 valence electrons. The summed E-state index contributed by atoms with van der Waals surface area (Å²) in [5.41, 5.74) is 2.57. The van der Waals surface area contributed by atoms with E-state index in [2.05, 4.69) is 15.4 Å². The summed E-state index contributed by atoms with van der Waals surface area (Å²) in [5.74, 6) is -1.18. The van der Waals surface area contributed by atoms with Gasteiger partial charge in [0.2, 0.25) is 0 Å². The lowest BCUT2D eigenvalue weighted by Gasteiger charge is -2.09. The third-order valence-electron chi connectivity index (χ3n) is 3.58. The van der Waals surface area contributed by atoms with Crippen LogP contribution >= 0.6 is 0 Å². The van der Waals surface area contributed by atoms with Crippen molar-refractivity contribution in [3.8, 4) is 6.07 Å². The monoisotopic (exact) mass is 349 g/mol. The summed E-state index contributed by atoms with van der Waals surface area (Å²) in [4.78, 5) is 24.1. The number of benzene rings is 2. The van der Waals surface area contributed by atoms with Crippen molar-refractivity contribution in [3.05, 3.63) is 77.0 Å². The van der Waals surface area contributed by atoms with E-state index in [9.17, 15) is 14.9 Å². The fourth-order valence-corrected chi connectivity index (χ4v) is 2.31. The van der Waals surface area contributed by atoms with Crippen LogP contribution in [0.2, 0.25) is 0 Å². The topological polar surface area (TPSA) is 91.2 Å². The number of nitriles is 1. The number of hydrogen-bond acceptors (Lipinski definition) is 5. The second kappa shape index (κ2) is 9.04. The van der Waals surface area contributed by atoms with E-state index in [4.69, 9.17) is 0 Å². The van der Waals surface area contributed by atoms with Gasteiger partial charge in [0.1, 0.15) is 11.6 Å². The molecule has 0 spiro atoms. The maximum atomic E-state index is 12.3. The minimum Gasteiger partial charge on any atom is -0.465 e. The minimum atomic E-state index is -0.611. The Bertz CT molecular complexity index is 882. The number of nitrogens with one attached hydrogen (secondary N) is 2. The summed E-state index contributed by atoms with van der Waals surface area (Å²) in [6, 6.07) is 16.2. The molecule has 0 saturated carbocycles. The maximum absolute atomic E-state index is 12.3. The lowest BCUT2D eigenvalue weighted by Crippen LogP contribution is -2.18. The Hall–Kier alpha value is -3.59. The van der Waals surface area contributed by atoms with E-state index in [-0.39, 0.29) is 16.8 Å². The van der Waals surface area contributed by atoms with Crippen molar-refractivity contribution < 1.29 is 14.3 Å². The average molecular weight is 349 g/mol. The van der Waals surface area contributed by atoms with Gasteiger partial charge in [-0.25, -0.2) is 4.79 Å². The minimum absolute atomic E-state index is 0.0997. The number of methoxy groups -OCH3 is 1. The summed E-state index contributed by atoms with van der Waals surface area (Å²) in [7, 11) is 1.26. The molecule has 2 rings (SSSR count). The molecular weight excluding hydrogens is 330 g/mol. The highest BCUT2D eigenvalue weighted by Crippen LogP contribution is 2.16. The van der Waals surface area contributed by atoms with Gasteiger partial charge in [0.25, 0.3) is 5.91 Å². The molecule has 0 heterocycles. The number of ether oxygens (including phenoxy) is 1. The molecule has 0 saturated heterocycles. The summed E-state index contributed by atoms with van der Waals surface area (Å²) in [5, 5.41) is 14.8. The van der Waals surface area contributed by atoms with Crippen LogP contribution in [0, 0.1) is 18.3 Å². The Morgan fingerprint density at radius 2 is 1.96 bits per heavy atom. The second-order valence-corrected chi connectivity index (χ2v) is 5.53. The summed E-state index contributed by atoms with van der Waals surface area (Å²) >= 11 is 0. The van der Waals surface area contributed by atoms with Crippen LogP contribution in [0.15, 0.2) is 60.3 Å². The van der Waals surface area contributed by atoms with E-state index in [0.29, 0.717) is 6.54 Å². The molecule has 26 heavy (non-hydrogen) atoms. The Balaban J connectivity index is 2.07. The van der Waals surface area contributed by atoms with Gasteiger partial charge in [0, 0.05) is 12.7 Å².